The van der Waals surface area contributed by atoms with E-state index in [4.69, 9.17) is 4.74 Å². The Morgan fingerprint density at radius 3 is 2.66 bits per heavy atom. The quantitative estimate of drug-likeness (QED) is 0.346. The average Bonchev–Trinajstić information content (AvgIpc) is 3.59. The summed E-state index contributed by atoms with van der Waals surface area (Å²) < 4.78 is 6.73. The smallest absolute Gasteiger partial charge is 0.338 e. The van der Waals surface area contributed by atoms with Gasteiger partial charge < -0.3 is 14.6 Å². The number of thioether (sulfide) groups is 1. The van der Waals surface area contributed by atoms with E-state index in [-0.39, 0.29) is 28.7 Å². The average molecular weight is 453 g/mol. The predicted octanol–water partition coefficient (Wildman–Crippen LogP) is 3.57. The minimum absolute atomic E-state index is 0.0910. The third kappa shape index (κ3) is 4.25. The summed E-state index contributed by atoms with van der Waals surface area (Å²) in [4.78, 5) is 46.5. The number of amides is 1. The number of methoxy groups -OCH3 is 1. The molecule has 1 fully saturated rings. The first-order valence-corrected chi connectivity index (χ1v) is 11.3. The predicted molar refractivity (Wildman–Crippen MR) is 123 cm³/mol. The van der Waals surface area contributed by atoms with Crippen molar-refractivity contribution in [3.05, 3.63) is 57.0 Å². The zero-order chi connectivity index (χ0) is 23.0. The van der Waals surface area contributed by atoms with E-state index in [0.717, 1.165) is 29.7 Å². The van der Waals surface area contributed by atoms with Crippen LogP contribution in [0.1, 0.15) is 46.1 Å². The Morgan fingerprint density at radius 1 is 1.22 bits per heavy atom. The number of rotatable bonds is 6. The first kappa shape index (κ1) is 22.0. The Labute approximate surface area is 189 Å². The molecule has 0 spiro atoms. The maximum absolute atomic E-state index is 12.9. The van der Waals surface area contributed by atoms with Gasteiger partial charge in [-0.3, -0.25) is 9.59 Å². The monoisotopic (exact) mass is 452 g/mol. The highest BCUT2D eigenvalue weighted by atomic mass is 32.2. The van der Waals surface area contributed by atoms with E-state index in [2.05, 4.69) is 15.3 Å². The molecule has 166 valence electrons. The lowest BCUT2D eigenvalue weighted by molar-refractivity contribution is -0.113. The van der Waals surface area contributed by atoms with Crippen LogP contribution in [0, 0.1) is 20.8 Å². The van der Waals surface area contributed by atoms with Gasteiger partial charge in [-0.25, -0.2) is 9.78 Å². The number of hydrogen-bond donors (Lipinski definition) is 1. The molecule has 0 atom stereocenters. The molecule has 1 saturated carbocycles. The van der Waals surface area contributed by atoms with E-state index in [1.807, 2.05) is 36.6 Å². The molecule has 3 aromatic rings. The third-order valence-corrected chi connectivity index (χ3v) is 6.45. The summed E-state index contributed by atoms with van der Waals surface area (Å²) in [6.45, 7) is 5.71. The van der Waals surface area contributed by atoms with Gasteiger partial charge in [0.25, 0.3) is 5.56 Å². The summed E-state index contributed by atoms with van der Waals surface area (Å²) in [5, 5.41) is 3.50. The van der Waals surface area contributed by atoms with E-state index in [9.17, 15) is 14.4 Å². The molecule has 0 radical (unpaired) electrons. The molecular weight excluding hydrogens is 428 g/mol. The third-order valence-electron chi connectivity index (χ3n) is 5.50. The lowest BCUT2D eigenvalue weighted by Gasteiger charge is -2.16. The van der Waals surface area contributed by atoms with Gasteiger partial charge >= 0.3 is 5.97 Å². The first-order valence-electron chi connectivity index (χ1n) is 10.3. The Kier molecular flexibility index (Phi) is 6.01. The van der Waals surface area contributed by atoms with E-state index in [1.165, 1.54) is 18.9 Å². The van der Waals surface area contributed by atoms with Crippen LogP contribution in [-0.2, 0) is 9.53 Å². The highest BCUT2D eigenvalue weighted by Crippen LogP contribution is 2.39. The summed E-state index contributed by atoms with van der Waals surface area (Å²) in [5.41, 5.74) is 3.48. The number of carbonyl (C=O) groups excluding carboxylic acids is 2. The van der Waals surface area contributed by atoms with Gasteiger partial charge in [-0.05, 0) is 56.9 Å². The summed E-state index contributed by atoms with van der Waals surface area (Å²) in [5.74, 6) is -0.698. The molecule has 4 rings (SSSR count). The number of aryl methyl sites for hydroxylation is 2. The summed E-state index contributed by atoms with van der Waals surface area (Å²) >= 11 is 1.19. The molecule has 0 aliphatic heterocycles. The number of esters is 1. The van der Waals surface area contributed by atoms with Crippen molar-refractivity contribution in [2.45, 2.75) is 44.8 Å². The van der Waals surface area contributed by atoms with Gasteiger partial charge in [-0.1, -0.05) is 23.9 Å². The molecule has 1 aromatic carbocycles. The fourth-order valence-electron chi connectivity index (χ4n) is 3.57. The van der Waals surface area contributed by atoms with Gasteiger partial charge in [0.15, 0.2) is 5.16 Å². The molecule has 0 saturated heterocycles. The minimum Gasteiger partial charge on any atom is -0.465 e. The van der Waals surface area contributed by atoms with Crippen LogP contribution in [0.3, 0.4) is 0 Å². The molecular formula is C23H24N4O4S. The van der Waals surface area contributed by atoms with Crippen molar-refractivity contribution in [1.29, 1.82) is 0 Å². The van der Waals surface area contributed by atoms with Gasteiger partial charge in [0, 0.05) is 17.4 Å². The summed E-state index contributed by atoms with van der Waals surface area (Å²) in [6, 6.07) is 7.42. The number of anilines is 1. The Balaban J connectivity index is 1.68. The van der Waals surface area contributed by atoms with Gasteiger partial charge in [0.05, 0.1) is 23.8 Å². The molecule has 2 aromatic heterocycles. The van der Waals surface area contributed by atoms with Crippen LogP contribution in [0.15, 0.2) is 34.2 Å². The number of benzene rings is 1. The van der Waals surface area contributed by atoms with E-state index in [1.54, 1.807) is 13.0 Å². The Bertz CT molecular complexity index is 1300. The van der Waals surface area contributed by atoms with Gasteiger partial charge in [0.1, 0.15) is 5.65 Å². The molecule has 1 amide bonds. The number of aromatic nitrogens is 3. The van der Waals surface area contributed by atoms with Crippen LogP contribution in [0.25, 0.3) is 11.0 Å². The zero-order valence-corrected chi connectivity index (χ0v) is 19.2. The van der Waals surface area contributed by atoms with E-state index >= 15 is 0 Å². The number of hydrogen-bond acceptors (Lipinski definition) is 7. The van der Waals surface area contributed by atoms with Gasteiger partial charge in [-0.15, -0.1) is 0 Å². The van der Waals surface area contributed by atoms with Crippen molar-refractivity contribution >= 4 is 40.4 Å². The Morgan fingerprint density at radius 2 is 1.97 bits per heavy atom. The van der Waals surface area contributed by atoms with Gasteiger partial charge in [0.2, 0.25) is 5.91 Å². The molecule has 2 heterocycles. The van der Waals surface area contributed by atoms with Crippen molar-refractivity contribution in [2.24, 2.45) is 0 Å². The highest BCUT2D eigenvalue weighted by molar-refractivity contribution is 7.99. The molecule has 9 heteroatoms. The van der Waals surface area contributed by atoms with Crippen LogP contribution >= 0.6 is 11.8 Å². The number of nitrogens with one attached hydrogen (secondary N) is 1. The second kappa shape index (κ2) is 8.74. The maximum atomic E-state index is 12.9. The number of ether oxygens (including phenoxy) is 1. The molecule has 0 unspecified atom stereocenters. The van der Waals surface area contributed by atoms with Crippen LogP contribution in [-0.4, -0.2) is 39.3 Å². The molecule has 1 aliphatic rings. The largest absolute Gasteiger partial charge is 0.465 e. The van der Waals surface area contributed by atoms with Crippen molar-refractivity contribution in [3.8, 4) is 0 Å². The maximum Gasteiger partial charge on any atom is 0.338 e. The topological polar surface area (TPSA) is 103 Å². The van der Waals surface area contributed by atoms with Crippen LogP contribution in [0.5, 0.6) is 0 Å². The standard InChI is InChI=1S/C23H24N4O4S/c1-12-6-5-7-17(14(12)3)25-18(28)11-32-23-26-21(29)19-16(22(30)31-4)10-13(2)24-20(19)27(23)15-8-9-15/h5-7,10,15H,8-9,11H2,1-4H3,(H,25,28). The van der Waals surface area contributed by atoms with Crippen LogP contribution in [0.4, 0.5) is 5.69 Å². The number of fused-ring (bicyclic) bond motifs is 1. The van der Waals surface area contributed by atoms with E-state index < -0.39 is 11.5 Å². The minimum atomic E-state index is -0.602. The molecule has 8 nitrogen and oxygen atoms in total. The molecule has 1 N–H and O–H groups in total. The fraction of sp³-hybridized carbons (Fsp3) is 0.348. The number of carbonyl (C=O) groups is 2. The molecule has 0 bridgehead atoms. The second-order valence-corrected chi connectivity index (χ2v) is 8.83. The lowest BCUT2D eigenvalue weighted by atomic mass is 10.1. The van der Waals surface area contributed by atoms with Crippen molar-refractivity contribution in [3.63, 3.8) is 0 Å². The van der Waals surface area contributed by atoms with Crippen LogP contribution in [0.2, 0.25) is 0 Å². The van der Waals surface area contributed by atoms with Gasteiger partial charge in [-0.2, -0.15) is 4.98 Å². The Hall–Kier alpha value is -3.20. The zero-order valence-electron chi connectivity index (χ0n) is 18.4. The summed E-state index contributed by atoms with van der Waals surface area (Å²) in [7, 11) is 1.27. The fourth-order valence-corrected chi connectivity index (χ4v) is 4.42. The summed E-state index contributed by atoms with van der Waals surface area (Å²) in [6.07, 6.45) is 1.84. The van der Waals surface area contributed by atoms with Crippen molar-refractivity contribution < 1.29 is 14.3 Å². The molecule has 1 aliphatic carbocycles. The molecule has 32 heavy (non-hydrogen) atoms. The van der Waals surface area contributed by atoms with E-state index in [0.29, 0.717) is 16.5 Å². The van der Waals surface area contributed by atoms with Crippen LogP contribution < -0.4 is 10.9 Å². The highest BCUT2D eigenvalue weighted by Gasteiger charge is 2.30. The van der Waals surface area contributed by atoms with Crippen molar-refractivity contribution in [1.82, 2.24) is 14.5 Å². The number of nitrogens with zero attached hydrogens (tertiary/aromatic N) is 3. The first-order chi connectivity index (χ1) is 15.3. The lowest BCUT2D eigenvalue weighted by Crippen LogP contribution is -2.22. The SMILES string of the molecule is COC(=O)c1cc(C)nc2c1c(=O)nc(SCC(=O)Nc1cccc(C)c1C)n2C1CC1. The second-order valence-electron chi connectivity index (χ2n) is 7.89. The normalized spacial score (nSPS) is 13.2. The number of pyridine rings is 1. The van der Waals surface area contributed by atoms with Crippen molar-refractivity contribution in [2.75, 3.05) is 18.2 Å².